The van der Waals surface area contributed by atoms with Gasteiger partial charge in [-0.3, -0.25) is 9.59 Å². The molecule has 0 bridgehead atoms. The van der Waals surface area contributed by atoms with Crippen molar-refractivity contribution >= 4 is 29.2 Å². The molecule has 4 rings (SSSR count). The van der Waals surface area contributed by atoms with Gasteiger partial charge in [0, 0.05) is 46.3 Å². The summed E-state index contributed by atoms with van der Waals surface area (Å²) in [6.45, 7) is 1.71. The number of carbonyl (C=O) groups is 2. The number of hydrogen-bond acceptors (Lipinski definition) is 6. The molecule has 0 unspecified atom stereocenters. The van der Waals surface area contributed by atoms with Crippen LogP contribution in [-0.2, 0) is 10.4 Å². The fraction of sp³-hybridized carbons (Fsp3) is 0.552. The molecule has 1 N–H and O–H groups in total. The quantitative estimate of drug-likeness (QED) is 0.449. The van der Waals surface area contributed by atoms with Gasteiger partial charge in [0.2, 0.25) is 0 Å². The molecule has 0 radical (unpaired) electrons. The second-order valence-corrected chi connectivity index (χ2v) is 11.6. The first-order chi connectivity index (χ1) is 19.3. The van der Waals surface area contributed by atoms with Gasteiger partial charge in [-0.1, -0.05) is 23.7 Å². The molecule has 1 aliphatic heterocycles. The van der Waals surface area contributed by atoms with E-state index in [4.69, 9.17) is 16.3 Å². The molecular weight excluding hydrogens is 561 g/mol. The van der Waals surface area contributed by atoms with Crippen LogP contribution in [0.4, 0.5) is 19.0 Å². The monoisotopic (exact) mass is 596 g/mol. The molecule has 1 saturated heterocycles. The predicted molar refractivity (Wildman–Crippen MR) is 149 cm³/mol. The molecule has 8 nitrogen and oxygen atoms in total. The normalized spacial score (nSPS) is 21.0. The van der Waals surface area contributed by atoms with Gasteiger partial charge in [0.15, 0.2) is 0 Å². The lowest BCUT2D eigenvalue weighted by Crippen LogP contribution is -2.56. The molecule has 1 saturated carbocycles. The molecule has 224 valence electrons. The standard InChI is InChI=1S/C29H36ClF3N4O4/c1-35(2)26(38)23-8-9-24(34-25(23)30)37-12-10-19(11-13-37)20-14-18(15-20)17-36(3)27(39)28(40,29(31,32)33)21-6-5-7-22(16-21)41-4/h5-9,16,18-20,40H,10-15,17H2,1-4H3/t18?,20?,28-/m1/s1. The number of nitrogens with zero attached hydrogens (tertiary/aromatic N) is 4. The third-order valence-corrected chi connectivity index (χ3v) is 8.65. The van der Waals surface area contributed by atoms with Crippen LogP contribution in [0.15, 0.2) is 36.4 Å². The lowest BCUT2D eigenvalue weighted by molar-refractivity contribution is -0.261. The number of rotatable bonds is 8. The molecular formula is C29H36ClF3N4O4. The van der Waals surface area contributed by atoms with Crippen molar-refractivity contribution in [2.45, 2.75) is 37.5 Å². The number of alkyl halides is 3. The number of halogens is 4. The molecule has 2 fully saturated rings. The van der Waals surface area contributed by atoms with Gasteiger partial charge in [-0.2, -0.15) is 13.2 Å². The van der Waals surface area contributed by atoms with E-state index in [0.29, 0.717) is 17.4 Å². The summed E-state index contributed by atoms with van der Waals surface area (Å²) in [4.78, 5) is 34.3. The Labute approximate surface area is 243 Å². The molecule has 1 aliphatic carbocycles. The number of carbonyl (C=O) groups excluding carboxylic acids is 2. The van der Waals surface area contributed by atoms with E-state index >= 15 is 0 Å². The van der Waals surface area contributed by atoms with Crippen LogP contribution in [0.5, 0.6) is 5.75 Å². The molecule has 1 atom stereocenters. The zero-order chi connectivity index (χ0) is 30.1. The van der Waals surface area contributed by atoms with Gasteiger partial charge < -0.3 is 24.5 Å². The summed E-state index contributed by atoms with van der Waals surface area (Å²) in [6.07, 6.45) is -1.70. The summed E-state index contributed by atoms with van der Waals surface area (Å²) < 4.78 is 47.2. The molecule has 1 aromatic heterocycles. The lowest BCUT2D eigenvalue weighted by Gasteiger charge is -2.45. The van der Waals surface area contributed by atoms with E-state index in [1.165, 1.54) is 31.2 Å². The highest BCUT2D eigenvalue weighted by atomic mass is 35.5. The van der Waals surface area contributed by atoms with Crippen LogP contribution in [0.3, 0.4) is 0 Å². The van der Waals surface area contributed by atoms with Crippen molar-refractivity contribution in [3.8, 4) is 5.75 Å². The SMILES string of the molecule is COc1cccc([C@@](O)(C(=O)N(C)CC2CC(C3CCN(c4ccc(C(=O)N(C)C)c(Cl)n4)CC3)C2)C(F)(F)F)c1. The van der Waals surface area contributed by atoms with E-state index in [9.17, 15) is 27.9 Å². The van der Waals surface area contributed by atoms with Crippen LogP contribution in [0.1, 0.15) is 41.6 Å². The molecule has 1 aromatic carbocycles. The fourth-order valence-corrected chi connectivity index (χ4v) is 6.16. The van der Waals surface area contributed by atoms with Crippen LogP contribution >= 0.6 is 11.6 Å². The maximum atomic E-state index is 14.1. The third kappa shape index (κ3) is 6.25. The van der Waals surface area contributed by atoms with Crippen LogP contribution in [0.2, 0.25) is 5.15 Å². The number of methoxy groups -OCH3 is 1. The van der Waals surface area contributed by atoms with Crippen LogP contribution in [-0.4, -0.2) is 85.8 Å². The Hall–Kier alpha value is -3.05. The highest BCUT2D eigenvalue weighted by Gasteiger charge is 2.62. The van der Waals surface area contributed by atoms with Crippen LogP contribution in [0.25, 0.3) is 0 Å². The van der Waals surface area contributed by atoms with Crippen molar-refractivity contribution in [3.05, 3.63) is 52.7 Å². The van der Waals surface area contributed by atoms with E-state index in [2.05, 4.69) is 9.88 Å². The highest BCUT2D eigenvalue weighted by Crippen LogP contribution is 2.45. The van der Waals surface area contributed by atoms with Gasteiger partial charge in [0.1, 0.15) is 16.7 Å². The first-order valence-corrected chi connectivity index (χ1v) is 14.0. The van der Waals surface area contributed by atoms with E-state index in [1.54, 1.807) is 20.2 Å². The number of pyridine rings is 1. The van der Waals surface area contributed by atoms with E-state index in [1.807, 2.05) is 6.07 Å². The molecule has 0 spiro atoms. The zero-order valence-electron chi connectivity index (χ0n) is 23.6. The number of amides is 2. The van der Waals surface area contributed by atoms with Crippen molar-refractivity contribution in [2.24, 2.45) is 17.8 Å². The Balaban J connectivity index is 1.30. The number of piperidine rings is 1. The van der Waals surface area contributed by atoms with E-state index < -0.39 is 23.2 Å². The van der Waals surface area contributed by atoms with Gasteiger partial charge in [0.05, 0.1) is 12.7 Å². The van der Waals surface area contributed by atoms with Crippen molar-refractivity contribution in [3.63, 3.8) is 0 Å². The summed E-state index contributed by atoms with van der Waals surface area (Å²) in [5.41, 5.74) is -3.88. The Bertz CT molecular complexity index is 1260. The first kappa shape index (κ1) is 30.9. The minimum absolute atomic E-state index is 0.0667. The topological polar surface area (TPSA) is 86.2 Å². The average Bonchev–Trinajstić information content (AvgIpc) is 2.92. The van der Waals surface area contributed by atoms with Crippen molar-refractivity contribution in [1.82, 2.24) is 14.8 Å². The maximum absolute atomic E-state index is 14.1. The zero-order valence-corrected chi connectivity index (χ0v) is 24.4. The molecule has 41 heavy (non-hydrogen) atoms. The van der Waals surface area contributed by atoms with Gasteiger partial charge in [0.25, 0.3) is 17.4 Å². The summed E-state index contributed by atoms with van der Waals surface area (Å²) in [7, 11) is 5.92. The van der Waals surface area contributed by atoms with Gasteiger partial charge in [-0.05, 0) is 67.7 Å². The minimum Gasteiger partial charge on any atom is -0.497 e. The largest absolute Gasteiger partial charge is 0.497 e. The van der Waals surface area contributed by atoms with Crippen LogP contribution < -0.4 is 9.64 Å². The second-order valence-electron chi connectivity index (χ2n) is 11.3. The summed E-state index contributed by atoms with van der Waals surface area (Å²) >= 11 is 6.28. The minimum atomic E-state index is -5.21. The molecule has 2 aliphatic rings. The average molecular weight is 597 g/mol. The Morgan fingerprint density at radius 1 is 1.10 bits per heavy atom. The molecule has 2 amide bonds. The molecule has 2 aromatic rings. The van der Waals surface area contributed by atoms with Crippen LogP contribution in [0, 0.1) is 17.8 Å². The molecule has 12 heteroatoms. The Kier molecular flexibility index (Phi) is 9.08. The summed E-state index contributed by atoms with van der Waals surface area (Å²) in [5.74, 6) is 0.201. The lowest BCUT2D eigenvalue weighted by atomic mass is 9.66. The van der Waals surface area contributed by atoms with Gasteiger partial charge in [-0.25, -0.2) is 4.98 Å². The van der Waals surface area contributed by atoms with Gasteiger partial charge in [-0.15, -0.1) is 0 Å². The first-order valence-electron chi connectivity index (χ1n) is 13.6. The van der Waals surface area contributed by atoms with E-state index in [-0.39, 0.29) is 29.3 Å². The van der Waals surface area contributed by atoms with Crippen molar-refractivity contribution in [2.75, 3.05) is 52.8 Å². The number of benzene rings is 1. The van der Waals surface area contributed by atoms with E-state index in [0.717, 1.165) is 61.6 Å². The Morgan fingerprint density at radius 2 is 1.76 bits per heavy atom. The van der Waals surface area contributed by atoms with Crippen molar-refractivity contribution in [1.29, 1.82) is 0 Å². The number of anilines is 1. The maximum Gasteiger partial charge on any atom is 0.430 e. The number of aromatic nitrogens is 1. The van der Waals surface area contributed by atoms with Crippen molar-refractivity contribution < 1.29 is 32.6 Å². The number of likely N-dealkylation sites (N-methyl/N-ethyl adjacent to an activating group) is 1. The highest BCUT2D eigenvalue weighted by molar-refractivity contribution is 6.32. The summed E-state index contributed by atoms with van der Waals surface area (Å²) in [5, 5.41) is 10.9. The fourth-order valence-electron chi connectivity index (χ4n) is 5.93. The van der Waals surface area contributed by atoms with Gasteiger partial charge >= 0.3 is 6.18 Å². The molecule has 2 heterocycles. The third-order valence-electron chi connectivity index (χ3n) is 8.36. The number of hydrogen-bond donors (Lipinski definition) is 1. The summed E-state index contributed by atoms with van der Waals surface area (Å²) in [6, 6.07) is 8.38. The predicted octanol–water partition coefficient (Wildman–Crippen LogP) is 4.60. The number of ether oxygens (including phenoxy) is 1. The number of aliphatic hydroxyl groups is 1. The Morgan fingerprint density at radius 3 is 2.32 bits per heavy atom. The smallest absolute Gasteiger partial charge is 0.430 e. The second kappa shape index (κ2) is 12.1.